The molecule has 2 aromatic carbocycles. The summed E-state index contributed by atoms with van der Waals surface area (Å²) in [5, 5.41) is 3.49. The van der Waals surface area contributed by atoms with Gasteiger partial charge in [0.1, 0.15) is 0 Å². The average Bonchev–Trinajstić information content (AvgIpc) is 3.02. The van der Waals surface area contributed by atoms with Gasteiger partial charge >= 0.3 is 0 Å². The van der Waals surface area contributed by atoms with Crippen LogP contribution >= 0.6 is 15.9 Å². The van der Waals surface area contributed by atoms with Crippen molar-refractivity contribution < 1.29 is 8.42 Å². The minimum absolute atomic E-state index is 0.244. The van der Waals surface area contributed by atoms with Crippen molar-refractivity contribution in [3.63, 3.8) is 0 Å². The van der Waals surface area contributed by atoms with Crippen LogP contribution in [0.15, 0.2) is 57.9 Å². The van der Waals surface area contributed by atoms with Crippen molar-refractivity contribution in [2.24, 2.45) is 0 Å². The van der Waals surface area contributed by atoms with Gasteiger partial charge in [0.05, 0.1) is 4.90 Å². The van der Waals surface area contributed by atoms with E-state index in [1.807, 2.05) is 12.1 Å². The number of rotatable bonds is 5. The van der Waals surface area contributed by atoms with Gasteiger partial charge in [-0.1, -0.05) is 28.8 Å². The summed E-state index contributed by atoms with van der Waals surface area (Å²) in [6.07, 6.45) is 4.97. The van der Waals surface area contributed by atoms with Crippen molar-refractivity contribution in [2.75, 3.05) is 10.0 Å². The second-order valence-electron chi connectivity index (χ2n) is 5.76. The normalized spacial score (nSPS) is 15.5. The summed E-state index contributed by atoms with van der Waals surface area (Å²) < 4.78 is 28.1. The average molecular weight is 395 g/mol. The van der Waals surface area contributed by atoms with Crippen LogP contribution in [-0.4, -0.2) is 14.5 Å². The van der Waals surface area contributed by atoms with Gasteiger partial charge in [-0.25, -0.2) is 8.42 Å². The summed E-state index contributed by atoms with van der Waals surface area (Å²) in [5.41, 5.74) is 1.59. The second-order valence-corrected chi connectivity index (χ2v) is 8.36. The number of sulfonamides is 1. The molecule has 0 saturated heterocycles. The first-order valence-corrected chi connectivity index (χ1v) is 9.95. The van der Waals surface area contributed by atoms with Crippen molar-refractivity contribution in [1.29, 1.82) is 0 Å². The second kappa shape index (κ2) is 6.93. The molecule has 1 fully saturated rings. The highest BCUT2D eigenvalue weighted by atomic mass is 79.9. The number of anilines is 2. The first-order chi connectivity index (χ1) is 11.0. The predicted octanol–water partition coefficient (Wildman–Crippen LogP) is 4.60. The lowest BCUT2D eigenvalue weighted by molar-refractivity contribution is 0.601. The van der Waals surface area contributed by atoms with E-state index in [-0.39, 0.29) is 4.90 Å². The van der Waals surface area contributed by atoms with Gasteiger partial charge in [0.2, 0.25) is 0 Å². The Bertz CT molecular complexity index is 752. The molecule has 1 aliphatic carbocycles. The van der Waals surface area contributed by atoms with E-state index in [2.05, 4.69) is 26.0 Å². The van der Waals surface area contributed by atoms with Crippen molar-refractivity contribution >= 4 is 37.3 Å². The Kier molecular flexibility index (Phi) is 4.92. The summed E-state index contributed by atoms with van der Waals surface area (Å²) in [5.74, 6) is 0. The van der Waals surface area contributed by atoms with Gasteiger partial charge in [0.15, 0.2) is 0 Å². The third-order valence-corrected chi connectivity index (χ3v) is 5.91. The lowest BCUT2D eigenvalue weighted by Crippen LogP contribution is -2.15. The first-order valence-electron chi connectivity index (χ1n) is 7.68. The monoisotopic (exact) mass is 394 g/mol. The van der Waals surface area contributed by atoms with Crippen molar-refractivity contribution in [3.8, 4) is 0 Å². The van der Waals surface area contributed by atoms with E-state index < -0.39 is 10.0 Å². The number of nitrogens with one attached hydrogen (secondary N) is 2. The quantitative estimate of drug-likeness (QED) is 0.778. The van der Waals surface area contributed by atoms with E-state index in [1.165, 1.54) is 25.7 Å². The lowest BCUT2D eigenvalue weighted by Gasteiger charge is -2.14. The van der Waals surface area contributed by atoms with Crippen LogP contribution in [0.4, 0.5) is 11.4 Å². The van der Waals surface area contributed by atoms with Gasteiger partial charge in [0, 0.05) is 21.9 Å². The molecular formula is C17H19BrN2O2S. The van der Waals surface area contributed by atoms with Gasteiger partial charge in [-0.15, -0.1) is 0 Å². The molecule has 3 rings (SSSR count). The van der Waals surface area contributed by atoms with Gasteiger partial charge in [0.25, 0.3) is 10.0 Å². The molecule has 0 radical (unpaired) electrons. The highest BCUT2D eigenvalue weighted by Gasteiger charge is 2.15. The molecule has 6 heteroatoms. The largest absolute Gasteiger partial charge is 0.382 e. The van der Waals surface area contributed by atoms with E-state index in [1.54, 1.807) is 36.4 Å². The molecule has 0 amide bonds. The highest BCUT2D eigenvalue weighted by Crippen LogP contribution is 2.24. The number of halogens is 1. The third-order valence-electron chi connectivity index (χ3n) is 3.99. The molecule has 0 heterocycles. The molecule has 0 aromatic heterocycles. The Hall–Kier alpha value is -1.53. The van der Waals surface area contributed by atoms with Gasteiger partial charge in [-0.3, -0.25) is 4.72 Å². The fraction of sp³-hybridized carbons (Fsp3) is 0.294. The smallest absolute Gasteiger partial charge is 0.261 e. The van der Waals surface area contributed by atoms with Crippen LogP contribution in [0.1, 0.15) is 25.7 Å². The van der Waals surface area contributed by atoms with E-state index >= 15 is 0 Å². The minimum atomic E-state index is -3.56. The standard InChI is InChI=1S/C17H19BrN2O2S/c18-13-5-11-17(12-6-13)23(21,22)20-16-9-7-15(8-10-16)19-14-3-1-2-4-14/h5-12,14,19-20H,1-4H2. The molecule has 0 atom stereocenters. The zero-order valence-electron chi connectivity index (χ0n) is 12.6. The maximum atomic E-state index is 12.3. The minimum Gasteiger partial charge on any atom is -0.382 e. The Morgan fingerprint density at radius 3 is 2.04 bits per heavy atom. The highest BCUT2D eigenvalue weighted by molar-refractivity contribution is 9.10. The van der Waals surface area contributed by atoms with Crippen LogP contribution in [0.25, 0.3) is 0 Å². The van der Waals surface area contributed by atoms with Gasteiger partial charge < -0.3 is 5.32 Å². The fourth-order valence-electron chi connectivity index (χ4n) is 2.77. The van der Waals surface area contributed by atoms with Crippen LogP contribution in [0.3, 0.4) is 0 Å². The topological polar surface area (TPSA) is 58.2 Å². The maximum absolute atomic E-state index is 12.3. The molecule has 0 spiro atoms. The van der Waals surface area contributed by atoms with E-state index in [9.17, 15) is 8.42 Å². The molecule has 1 saturated carbocycles. The molecule has 2 N–H and O–H groups in total. The zero-order valence-corrected chi connectivity index (χ0v) is 15.0. The van der Waals surface area contributed by atoms with Gasteiger partial charge in [-0.05, 0) is 61.4 Å². The Balaban J connectivity index is 1.68. The summed E-state index contributed by atoms with van der Waals surface area (Å²) in [4.78, 5) is 0.244. The van der Waals surface area contributed by atoms with Crippen LogP contribution < -0.4 is 10.0 Å². The summed E-state index contributed by atoms with van der Waals surface area (Å²) in [6.45, 7) is 0. The SMILES string of the molecule is O=S(=O)(Nc1ccc(NC2CCCC2)cc1)c1ccc(Br)cc1. The Morgan fingerprint density at radius 1 is 0.870 bits per heavy atom. The zero-order chi connectivity index (χ0) is 16.3. The molecule has 1 aliphatic rings. The van der Waals surface area contributed by atoms with E-state index in [0.29, 0.717) is 11.7 Å². The molecule has 0 bridgehead atoms. The Morgan fingerprint density at radius 2 is 1.43 bits per heavy atom. The maximum Gasteiger partial charge on any atom is 0.261 e. The van der Waals surface area contributed by atoms with Crippen LogP contribution in [-0.2, 0) is 10.0 Å². The summed E-state index contributed by atoms with van der Waals surface area (Å²) >= 11 is 3.30. The van der Waals surface area contributed by atoms with Crippen LogP contribution in [0, 0.1) is 0 Å². The summed E-state index contributed by atoms with van der Waals surface area (Å²) in [6, 6.07) is 14.5. The molecule has 122 valence electrons. The van der Waals surface area contributed by atoms with Crippen molar-refractivity contribution in [3.05, 3.63) is 53.0 Å². The molecule has 23 heavy (non-hydrogen) atoms. The van der Waals surface area contributed by atoms with Crippen LogP contribution in [0.2, 0.25) is 0 Å². The predicted molar refractivity (Wildman–Crippen MR) is 97.3 cm³/mol. The van der Waals surface area contributed by atoms with Crippen LogP contribution in [0.5, 0.6) is 0 Å². The molecule has 0 aliphatic heterocycles. The number of benzene rings is 2. The fourth-order valence-corrected chi connectivity index (χ4v) is 4.09. The number of hydrogen-bond donors (Lipinski definition) is 2. The lowest BCUT2D eigenvalue weighted by atomic mass is 10.2. The first kappa shape index (κ1) is 16.3. The van der Waals surface area contributed by atoms with Crippen molar-refractivity contribution in [1.82, 2.24) is 0 Å². The van der Waals surface area contributed by atoms with Crippen molar-refractivity contribution in [2.45, 2.75) is 36.6 Å². The number of hydrogen-bond acceptors (Lipinski definition) is 3. The molecule has 4 nitrogen and oxygen atoms in total. The van der Waals surface area contributed by atoms with Gasteiger partial charge in [-0.2, -0.15) is 0 Å². The third kappa shape index (κ3) is 4.26. The molecular weight excluding hydrogens is 376 g/mol. The molecule has 0 unspecified atom stereocenters. The molecule has 2 aromatic rings. The summed E-state index contributed by atoms with van der Waals surface area (Å²) in [7, 11) is -3.56. The van der Waals surface area contributed by atoms with E-state index in [4.69, 9.17) is 0 Å². The van der Waals surface area contributed by atoms with E-state index in [0.717, 1.165) is 10.2 Å². The Labute approximate surface area is 145 Å².